The lowest BCUT2D eigenvalue weighted by molar-refractivity contribution is -0.135. The summed E-state index contributed by atoms with van der Waals surface area (Å²) in [5.41, 5.74) is 2.00. The fourth-order valence-corrected chi connectivity index (χ4v) is 4.23. The summed E-state index contributed by atoms with van der Waals surface area (Å²) in [4.78, 5) is 29.2. The molecule has 1 aromatic carbocycles. The van der Waals surface area contributed by atoms with Crippen LogP contribution in [0.2, 0.25) is 0 Å². The predicted octanol–water partition coefficient (Wildman–Crippen LogP) is 3.69. The van der Waals surface area contributed by atoms with Crippen molar-refractivity contribution in [1.82, 2.24) is 14.9 Å². The zero-order valence-corrected chi connectivity index (χ0v) is 17.8. The Balaban J connectivity index is 1.35. The Morgan fingerprint density at radius 3 is 2.55 bits per heavy atom. The molecule has 1 amide bonds. The molecule has 0 radical (unpaired) electrons. The maximum absolute atomic E-state index is 14.3. The third-order valence-corrected chi connectivity index (χ3v) is 6.12. The molecule has 2 aliphatic rings. The van der Waals surface area contributed by atoms with Gasteiger partial charge in [0.2, 0.25) is 5.95 Å². The van der Waals surface area contributed by atoms with E-state index in [-0.39, 0.29) is 23.4 Å². The van der Waals surface area contributed by atoms with Gasteiger partial charge in [-0.1, -0.05) is 6.92 Å². The molecule has 31 heavy (non-hydrogen) atoms. The standard InChI is InChI=1S/C23H26FN5O2/c1-4-16-13-26-23(27-14-16)28-8-5-17(6-9-28)29-10-7-20(22(29)30)31-21-11-15(2)19(25-3)12-18(21)24/h11-14,17,20H,4-10H2,1-2H3/t20-/m0/s1. The molecular weight excluding hydrogens is 397 g/mol. The summed E-state index contributed by atoms with van der Waals surface area (Å²) in [6, 6.07) is 2.81. The van der Waals surface area contributed by atoms with Crippen molar-refractivity contribution in [1.29, 1.82) is 0 Å². The number of hydrogen-bond acceptors (Lipinski definition) is 5. The molecule has 0 aliphatic carbocycles. The molecule has 2 fully saturated rings. The number of nitrogens with zero attached hydrogens (tertiary/aromatic N) is 5. The van der Waals surface area contributed by atoms with E-state index in [1.807, 2.05) is 17.3 Å². The first-order valence-corrected chi connectivity index (χ1v) is 10.7. The van der Waals surface area contributed by atoms with Crippen molar-refractivity contribution in [2.45, 2.75) is 51.7 Å². The van der Waals surface area contributed by atoms with Gasteiger partial charge in [-0.15, -0.1) is 0 Å². The van der Waals surface area contributed by atoms with Gasteiger partial charge in [-0.05, 0) is 49.4 Å². The lowest BCUT2D eigenvalue weighted by Gasteiger charge is -2.36. The van der Waals surface area contributed by atoms with Gasteiger partial charge >= 0.3 is 0 Å². The Hall–Kier alpha value is -3.21. The third-order valence-electron chi connectivity index (χ3n) is 6.12. The Bertz CT molecular complexity index is 996. The Labute approximate surface area is 181 Å². The number of ether oxygens (including phenoxy) is 1. The van der Waals surface area contributed by atoms with Gasteiger partial charge < -0.3 is 14.5 Å². The number of hydrogen-bond donors (Lipinski definition) is 0. The van der Waals surface area contributed by atoms with Crippen LogP contribution in [0.1, 0.15) is 37.3 Å². The average Bonchev–Trinajstić information content (AvgIpc) is 3.16. The van der Waals surface area contributed by atoms with Crippen LogP contribution in [0.3, 0.4) is 0 Å². The van der Waals surface area contributed by atoms with E-state index in [9.17, 15) is 9.18 Å². The minimum atomic E-state index is -0.685. The smallest absolute Gasteiger partial charge is 0.263 e. The molecule has 0 saturated carbocycles. The molecule has 0 spiro atoms. The third kappa shape index (κ3) is 4.31. The molecule has 162 valence electrons. The highest BCUT2D eigenvalue weighted by molar-refractivity contribution is 5.83. The number of carbonyl (C=O) groups is 1. The molecule has 0 unspecified atom stereocenters. The molecule has 8 heteroatoms. The lowest BCUT2D eigenvalue weighted by Crippen LogP contribution is -2.47. The largest absolute Gasteiger partial charge is 0.478 e. The molecule has 2 aliphatic heterocycles. The van der Waals surface area contributed by atoms with Crippen molar-refractivity contribution in [2.24, 2.45) is 0 Å². The monoisotopic (exact) mass is 423 g/mol. The molecule has 2 saturated heterocycles. The summed E-state index contributed by atoms with van der Waals surface area (Å²) in [5, 5.41) is 0. The molecule has 0 bridgehead atoms. The van der Waals surface area contributed by atoms with E-state index in [0.717, 1.165) is 43.9 Å². The maximum Gasteiger partial charge on any atom is 0.263 e. The number of likely N-dealkylation sites (tertiary alicyclic amines) is 1. The first-order valence-electron chi connectivity index (χ1n) is 10.7. The van der Waals surface area contributed by atoms with Gasteiger partial charge in [0.25, 0.3) is 5.91 Å². The predicted molar refractivity (Wildman–Crippen MR) is 115 cm³/mol. The summed E-state index contributed by atoms with van der Waals surface area (Å²) in [6.45, 7) is 13.1. The van der Waals surface area contributed by atoms with E-state index in [2.05, 4.69) is 26.6 Å². The number of halogens is 1. The first-order chi connectivity index (χ1) is 15.0. The van der Waals surface area contributed by atoms with E-state index in [0.29, 0.717) is 18.5 Å². The van der Waals surface area contributed by atoms with Crippen LogP contribution in [0.15, 0.2) is 24.5 Å². The summed E-state index contributed by atoms with van der Waals surface area (Å²) in [5.74, 6) is 0.0736. The van der Waals surface area contributed by atoms with Gasteiger partial charge in [0.15, 0.2) is 23.4 Å². The van der Waals surface area contributed by atoms with Crippen LogP contribution in [0.25, 0.3) is 4.85 Å². The van der Waals surface area contributed by atoms with Gasteiger partial charge in [-0.3, -0.25) is 4.79 Å². The minimum Gasteiger partial charge on any atom is -0.478 e. The quantitative estimate of drug-likeness (QED) is 0.687. The van der Waals surface area contributed by atoms with Crippen LogP contribution in [-0.4, -0.2) is 52.6 Å². The topological polar surface area (TPSA) is 62.9 Å². The zero-order chi connectivity index (χ0) is 22.0. The van der Waals surface area contributed by atoms with Crippen LogP contribution < -0.4 is 9.64 Å². The Kier molecular flexibility index (Phi) is 6.03. The van der Waals surface area contributed by atoms with Gasteiger partial charge in [-0.2, -0.15) is 0 Å². The van der Waals surface area contributed by atoms with Crippen molar-refractivity contribution >= 4 is 17.5 Å². The van der Waals surface area contributed by atoms with Gasteiger partial charge in [0, 0.05) is 44.5 Å². The SMILES string of the molecule is [C-]#[N+]c1cc(F)c(O[C@H]2CCN(C3CCN(c4ncc(CC)cn4)CC3)C2=O)cc1C. The van der Waals surface area contributed by atoms with Crippen LogP contribution in [0.5, 0.6) is 5.75 Å². The highest BCUT2D eigenvalue weighted by atomic mass is 19.1. The van der Waals surface area contributed by atoms with Crippen LogP contribution >= 0.6 is 0 Å². The summed E-state index contributed by atoms with van der Waals surface area (Å²) in [6.07, 6.45) is 6.17. The Morgan fingerprint density at radius 2 is 1.90 bits per heavy atom. The van der Waals surface area contributed by atoms with E-state index in [4.69, 9.17) is 11.3 Å². The normalized spacial score (nSPS) is 19.5. The second kappa shape index (κ2) is 8.88. The first kappa shape index (κ1) is 21.0. The van der Waals surface area contributed by atoms with Crippen LogP contribution in [0.4, 0.5) is 16.0 Å². The lowest BCUT2D eigenvalue weighted by atomic mass is 10.0. The molecule has 1 atom stereocenters. The Morgan fingerprint density at radius 1 is 1.19 bits per heavy atom. The second-order valence-corrected chi connectivity index (χ2v) is 8.07. The number of benzene rings is 1. The van der Waals surface area contributed by atoms with E-state index >= 15 is 0 Å². The number of anilines is 1. The van der Waals surface area contributed by atoms with Gasteiger partial charge in [0.05, 0.1) is 6.57 Å². The molecule has 4 rings (SSSR count). The number of rotatable bonds is 5. The van der Waals surface area contributed by atoms with Gasteiger partial charge in [-0.25, -0.2) is 19.2 Å². The van der Waals surface area contributed by atoms with Crippen molar-refractivity contribution in [3.8, 4) is 5.75 Å². The summed E-state index contributed by atoms with van der Waals surface area (Å²) < 4.78 is 20.0. The zero-order valence-electron chi connectivity index (χ0n) is 17.8. The number of amides is 1. The highest BCUT2D eigenvalue weighted by Gasteiger charge is 2.39. The fourth-order valence-electron chi connectivity index (χ4n) is 4.23. The van der Waals surface area contributed by atoms with Crippen LogP contribution in [0, 0.1) is 19.3 Å². The molecule has 0 N–H and O–H groups in total. The maximum atomic E-state index is 14.3. The highest BCUT2D eigenvalue weighted by Crippen LogP contribution is 2.31. The summed E-state index contributed by atoms with van der Waals surface area (Å²) in [7, 11) is 0. The fraction of sp³-hybridized carbons (Fsp3) is 0.478. The number of aryl methyl sites for hydroxylation is 2. The number of piperidine rings is 1. The average molecular weight is 423 g/mol. The van der Waals surface area contributed by atoms with Crippen molar-refractivity contribution in [3.05, 3.63) is 52.9 Å². The molecule has 3 heterocycles. The molecule has 2 aromatic rings. The summed E-state index contributed by atoms with van der Waals surface area (Å²) >= 11 is 0. The van der Waals surface area contributed by atoms with Gasteiger partial charge in [0.1, 0.15) is 0 Å². The molecule has 7 nitrogen and oxygen atoms in total. The number of carbonyl (C=O) groups excluding carboxylic acids is 1. The van der Waals surface area contributed by atoms with E-state index in [1.165, 1.54) is 12.1 Å². The van der Waals surface area contributed by atoms with Crippen molar-refractivity contribution in [3.63, 3.8) is 0 Å². The second-order valence-electron chi connectivity index (χ2n) is 8.07. The number of aromatic nitrogens is 2. The van der Waals surface area contributed by atoms with E-state index in [1.54, 1.807) is 6.92 Å². The van der Waals surface area contributed by atoms with E-state index < -0.39 is 11.9 Å². The van der Waals surface area contributed by atoms with Crippen molar-refractivity contribution in [2.75, 3.05) is 24.5 Å². The van der Waals surface area contributed by atoms with Crippen molar-refractivity contribution < 1.29 is 13.9 Å². The molecular formula is C23H26FN5O2. The minimum absolute atomic E-state index is 0.0348. The van der Waals surface area contributed by atoms with Crippen LogP contribution in [-0.2, 0) is 11.2 Å². The molecule has 1 aromatic heterocycles.